The van der Waals surface area contributed by atoms with E-state index in [1.165, 1.54) is 0 Å². The maximum Gasteiger partial charge on any atom is 0.259 e. The van der Waals surface area contributed by atoms with E-state index < -0.39 is 0 Å². The van der Waals surface area contributed by atoms with Crippen molar-refractivity contribution in [3.05, 3.63) is 65.2 Å². The number of pyridine rings is 1. The number of rotatable bonds is 2. The molecular weight excluding hydrogens is 314 g/mol. The van der Waals surface area contributed by atoms with Crippen molar-refractivity contribution in [3.63, 3.8) is 0 Å². The van der Waals surface area contributed by atoms with Crippen LogP contribution in [0.4, 0.5) is 5.82 Å². The van der Waals surface area contributed by atoms with E-state index in [9.17, 15) is 4.79 Å². The summed E-state index contributed by atoms with van der Waals surface area (Å²) in [6.07, 6.45) is 0.772. The molecule has 1 aliphatic heterocycles. The van der Waals surface area contributed by atoms with Gasteiger partial charge >= 0.3 is 0 Å². The smallest absolute Gasteiger partial charge is 0.259 e. The molecule has 5 nitrogen and oxygen atoms in total. The van der Waals surface area contributed by atoms with Crippen LogP contribution in [-0.4, -0.2) is 24.5 Å². The summed E-state index contributed by atoms with van der Waals surface area (Å²) in [5.41, 5.74) is 2.83. The van der Waals surface area contributed by atoms with Crippen LogP contribution in [0.3, 0.4) is 0 Å². The van der Waals surface area contributed by atoms with Gasteiger partial charge in [-0.1, -0.05) is 6.07 Å². The summed E-state index contributed by atoms with van der Waals surface area (Å²) in [5, 5.41) is 10.1. The zero-order valence-corrected chi connectivity index (χ0v) is 13.7. The Morgan fingerprint density at radius 2 is 2.12 bits per heavy atom. The Morgan fingerprint density at radius 1 is 1.24 bits per heavy atom. The number of methoxy groups -OCH3 is 1. The van der Waals surface area contributed by atoms with Gasteiger partial charge in [-0.3, -0.25) is 9.69 Å². The Morgan fingerprint density at radius 3 is 2.92 bits per heavy atom. The van der Waals surface area contributed by atoms with Gasteiger partial charge in [0.1, 0.15) is 11.6 Å². The number of ether oxygens (including phenoxy) is 1. The molecule has 5 heteroatoms. The molecule has 1 aromatic heterocycles. The highest BCUT2D eigenvalue weighted by Gasteiger charge is 2.27. The van der Waals surface area contributed by atoms with E-state index >= 15 is 0 Å². The lowest BCUT2D eigenvalue weighted by Gasteiger charge is -2.17. The molecule has 1 aliphatic rings. The molecule has 0 saturated carbocycles. The zero-order chi connectivity index (χ0) is 17.4. The predicted octanol–water partition coefficient (Wildman–Crippen LogP) is 3.32. The third-order valence-corrected chi connectivity index (χ3v) is 4.43. The quantitative estimate of drug-likeness (QED) is 0.723. The average Bonchev–Trinajstić information content (AvgIpc) is 3.07. The van der Waals surface area contributed by atoms with Crippen molar-refractivity contribution in [2.24, 2.45) is 0 Å². The van der Waals surface area contributed by atoms with Gasteiger partial charge in [-0.15, -0.1) is 0 Å². The monoisotopic (exact) mass is 329 g/mol. The van der Waals surface area contributed by atoms with Gasteiger partial charge in [-0.25, -0.2) is 4.98 Å². The number of carbonyl (C=O) groups is 1. The summed E-state index contributed by atoms with van der Waals surface area (Å²) in [7, 11) is 1.62. The highest BCUT2D eigenvalue weighted by molar-refractivity contribution is 6.07. The van der Waals surface area contributed by atoms with Crippen molar-refractivity contribution in [3.8, 4) is 11.8 Å². The van der Waals surface area contributed by atoms with Crippen molar-refractivity contribution in [2.75, 3.05) is 18.6 Å². The largest absolute Gasteiger partial charge is 0.497 e. The van der Waals surface area contributed by atoms with Gasteiger partial charge in [0.25, 0.3) is 5.91 Å². The minimum Gasteiger partial charge on any atom is -0.497 e. The Kier molecular flexibility index (Phi) is 3.58. The highest BCUT2D eigenvalue weighted by Crippen LogP contribution is 2.31. The van der Waals surface area contributed by atoms with Crippen LogP contribution in [0.5, 0.6) is 5.75 Å². The molecule has 0 saturated heterocycles. The number of aromatic nitrogens is 1. The summed E-state index contributed by atoms with van der Waals surface area (Å²) in [4.78, 5) is 19.3. The van der Waals surface area contributed by atoms with Crippen LogP contribution in [0.25, 0.3) is 10.9 Å². The molecule has 0 spiro atoms. The maximum absolute atomic E-state index is 12.9. The molecule has 2 aromatic carbocycles. The summed E-state index contributed by atoms with van der Waals surface area (Å²) >= 11 is 0. The average molecular weight is 329 g/mol. The van der Waals surface area contributed by atoms with Gasteiger partial charge in [0.2, 0.25) is 0 Å². The predicted molar refractivity (Wildman–Crippen MR) is 94.8 cm³/mol. The van der Waals surface area contributed by atoms with E-state index in [4.69, 9.17) is 15.0 Å². The van der Waals surface area contributed by atoms with E-state index in [1.54, 1.807) is 36.3 Å². The Labute approximate surface area is 145 Å². The second-order valence-electron chi connectivity index (χ2n) is 5.93. The van der Waals surface area contributed by atoms with E-state index in [2.05, 4.69) is 12.1 Å². The molecule has 0 bridgehead atoms. The summed E-state index contributed by atoms with van der Waals surface area (Å²) in [5.74, 6) is 1.29. The number of benzene rings is 2. The first-order valence-corrected chi connectivity index (χ1v) is 7.99. The van der Waals surface area contributed by atoms with E-state index in [0.717, 1.165) is 28.6 Å². The van der Waals surface area contributed by atoms with E-state index in [0.29, 0.717) is 23.5 Å². The van der Waals surface area contributed by atoms with Gasteiger partial charge in [-0.2, -0.15) is 5.26 Å². The normalized spacial score (nSPS) is 12.7. The van der Waals surface area contributed by atoms with Gasteiger partial charge in [-0.05, 0) is 48.4 Å². The molecular formula is C20H15N3O2. The molecule has 0 atom stereocenters. The molecule has 0 unspecified atom stereocenters. The van der Waals surface area contributed by atoms with Crippen LogP contribution in [0.15, 0.2) is 48.5 Å². The first kappa shape index (κ1) is 15.2. The second kappa shape index (κ2) is 5.91. The third kappa shape index (κ3) is 2.58. The maximum atomic E-state index is 12.9. The van der Waals surface area contributed by atoms with Crippen molar-refractivity contribution in [2.45, 2.75) is 6.42 Å². The Bertz CT molecular complexity index is 1040. The van der Waals surface area contributed by atoms with Crippen molar-refractivity contribution in [1.29, 1.82) is 5.26 Å². The number of nitrogens with zero attached hydrogens (tertiary/aromatic N) is 3. The molecule has 4 rings (SSSR count). The fraction of sp³-hybridized carbons (Fsp3) is 0.150. The fourth-order valence-electron chi connectivity index (χ4n) is 3.14. The highest BCUT2D eigenvalue weighted by atomic mass is 16.5. The number of carbonyl (C=O) groups excluding carboxylic acids is 1. The molecule has 2 heterocycles. The number of hydrogen-bond acceptors (Lipinski definition) is 4. The molecule has 3 aromatic rings. The molecule has 0 aliphatic carbocycles. The molecule has 0 radical (unpaired) electrons. The number of anilines is 1. The van der Waals surface area contributed by atoms with Crippen molar-refractivity contribution in [1.82, 2.24) is 4.98 Å². The molecule has 0 N–H and O–H groups in total. The van der Waals surface area contributed by atoms with Crippen LogP contribution in [0.1, 0.15) is 21.5 Å². The standard InChI is InChI=1S/C20H15N3O2/c1-25-17-6-5-14-10-15-7-8-23(19(15)22-18(14)11-17)20(24)16-4-2-3-13(9-16)12-21/h2-6,9-11H,7-8H2,1H3. The van der Waals surface area contributed by atoms with Gasteiger partial charge in [0.05, 0.1) is 24.3 Å². The first-order chi connectivity index (χ1) is 12.2. The fourth-order valence-corrected chi connectivity index (χ4v) is 3.14. The van der Waals surface area contributed by atoms with Gasteiger partial charge < -0.3 is 4.74 Å². The Hall–Kier alpha value is -3.39. The molecule has 0 fully saturated rings. The van der Waals surface area contributed by atoms with Crippen LogP contribution < -0.4 is 9.64 Å². The number of nitriles is 1. The van der Waals surface area contributed by atoms with Crippen molar-refractivity contribution < 1.29 is 9.53 Å². The van der Waals surface area contributed by atoms with Crippen molar-refractivity contribution >= 4 is 22.6 Å². The molecule has 25 heavy (non-hydrogen) atoms. The minimum atomic E-state index is -0.134. The lowest BCUT2D eigenvalue weighted by Crippen LogP contribution is -2.29. The van der Waals surface area contributed by atoms with Crippen LogP contribution in [-0.2, 0) is 6.42 Å². The van der Waals surface area contributed by atoms with Crippen LogP contribution >= 0.6 is 0 Å². The number of hydrogen-bond donors (Lipinski definition) is 0. The summed E-state index contributed by atoms with van der Waals surface area (Å²) < 4.78 is 5.26. The van der Waals surface area contributed by atoms with Crippen LogP contribution in [0.2, 0.25) is 0 Å². The van der Waals surface area contributed by atoms with Gasteiger partial charge in [0.15, 0.2) is 0 Å². The van der Waals surface area contributed by atoms with E-state index in [-0.39, 0.29) is 5.91 Å². The van der Waals surface area contributed by atoms with Crippen LogP contribution in [0, 0.1) is 11.3 Å². The SMILES string of the molecule is COc1ccc2cc3c(nc2c1)N(C(=O)c1cccc(C#N)c1)CC3. The Balaban J connectivity index is 1.76. The van der Waals surface area contributed by atoms with Gasteiger partial charge in [0, 0.05) is 23.6 Å². The van der Waals surface area contributed by atoms with E-state index in [1.807, 2.05) is 18.2 Å². The lowest BCUT2D eigenvalue weighted by atomic mass is 10.1. The minimum absolute atomic E-state index is 0.134. The summed E-state index contributed by atoms with van der Waals surface area (Å²) in [6.45, 7) is 0.589. The zero-order valence-electron chi connectivity index (χ0n) is 13.7. The first-order valence-electron chi connectivity index (χ1n) is 7.99. The molecule has 122 valence electrons. The third-order valence-electron chi connectivity index (χ3n) is 4.43. The number of amides is 1. The second-order valence-corrected chi connectivity index (χ2v) is 5.93. The topological polar surface area (TPSA) is 66.2 Å². The number of fused-ring (bicyclic) bond motifs is 2. The summed E-state index contributed by atoms with van der Waals surface area (Å²) in [6, 6.07) is 16.6. The lowest BCUT2D eigenvalue weighted by molar-refractivity contribution is 0.0988. The molecule has 1 amide bonds.